The molecule has 1 atom stereocenters. The summed E-state index contributed by atoms with van der Waals surface area (Å²) in [6.07, 6.45) is 2.21. The summed E-state index contributed by atoms with van der Waals surface area (Å²) in [4.78, 5) is 0. The standard InChI is InChI=1S/C12H15NO/c14-11-7-13-8-12(5-6-12)10-4-2-1-3-9(10)11/h1-4,11,13-14H,5-8H2. The molecule has 2 N–H and O–H groups in total. The third kappa shape index (κ3) is 1.11. The lowest BCUT2D eigenvalue weighted by atomic mass is 9.90. The molecule has 1 aliphatic carbocycles. The van der Waals surface area contributed by atoms with Gasteiger partial charge in [0.15, 0.2) is 0 Å². The summed E-state index contributed by atoms with van der Waals surface area (Å²) in [6.45, 7) is 1.72. The van der Waals surface area contributed by atoms with Crippen LogP contribution in [0.3, 0.4) is 0 Å². The number of aliphatic hydroxyl groups is 1. The van der Waals surface area contributed by atoms with Gasteiger partial charge in [-0.3, -0.25) is 0 Å². The van der Waals surface area contributed by atoms with Crippen LogP contribution in [-0.4, -0.2) is 18.2 Å². The highest BCUT2D eigenvalue weighted by Crippen LogP contribution is 2.50. The van der Waals surface area contributed by atoms with Gasteiger partial charge in [0, 0.05) is 18.5 Å². The Labute approximate surface area is 84.0 Å². The van der Waals surface area contributed by atoms with Crippen LogP contribution in [0.5, 0.6) is 0 Å². The summed E-state index contributed by atoms with van der Waals surface area (Å²) in [5.74, 6) is 0. The average Bonchev–Trinajstić information content (AvgIpc) is 3.00. The first-order chi connectivity index (χ1) is 6.82. The maximum atomic E-state index is 9.94. The molecule has 14 heavy (non-hydrogen) atoms. The summed E-state index contributed by atoms with van der Waals surface area (Å²) in [5, 5.41) is 13.3. The quantitative estimate of drug-likeness (QED) is 0.645. The van der Waals surface area contributed by atoms with Crippen LogP contribution in [0.15, 0.2) is 24.3 Å². The van der Waals surface area contributed by atoms with Crippen molar-refractivity contribution in [3.8, 4) is 0 Å². The molecule has 2 nitrogen and oxygen atoms in total. The molecule has 1 fully saturated rings. The Balaban J connectivity index is 2.14. The molecule has 1 unspecified atom stereocenters. The number of nitrogens with one attached hydrogen (secondary N) is 1. The van der Waals surface area contributed by atoms with Crippen LogP contribution >= 0.6 is 0 Å². The number of hydrogen-bond donors (Lipinski definition) is 2. The van der Waals surface area contributed by atoms with E-state index in [0.29, 0.717) is 12.0 Å². The summed E-state index contributed by atoms with van der Waals surface area (Å²) in [6, 6.07) is 8.34. The highest BCUT2D eigenvalue weighted by Gasteiger charge is 2.46. The van der Waals surface area contributed by atoms with E-state index in [0.717, 1.165) is 12.1 Å². The van der Waals surface area contributed by atoms with Crippen molar-refractivity contribution in [2.75, 3.05) is 13.1 Å². The van der Waals surface area contributed by atoms with Crippen LogP contribution in [0.25, 0.3) is 0 Å². The maximum absolute atomic E-state index is 9.94. The second-order valence-corrected chi connectivity index (χ2v) is 4.51. The minimum atomic E-state index is -0.328. The number of hydrogen-bond acceptors (Lipinski definition) is 2. The SMILES string of the molecule is OC1CNCC2(CC2)c2ccccc21. The van der Waals surface area contributed by atoms with E-state index in [1.54, 1.807) is 0 Å². The molecule has 0 radical (unpaired) electrons. The van der Waals surface area contributed by atoms with Gasteiger partial charge in [0.25, 0.3) is 0 Å². The van der Waals surface area contributed by atoms with Crippen molar-refractivity contribution in [2.24, 2.45) is 0 Å². The van der Waals surface area contributed by atoms with Crippen LogP contribution in [-0.2, 0) is 5.41 Å². The summed E-state index contributed by atoms with van der Waals surface area (Å²) in [5.41, 5.74) is 2.86. The Morgan fingerprint density at radius 3 is 2.86 bits per heavy atom. The van der Waals surface area contributed by atoms with Gasteiger partial charge in [0.05, 0.1) is 6.10 Å². The molecule has 1 saturated carbocycles. The number of benzene rings is 1. The van der Waals surface area contributed by atoms with E-state index in [1.165, 1.54) is 18.4 Å². The van der Waals surface area contributed by atoms with E-state index in [2.05, 4.69) is 23.5 Å². The molecular formula is C12H15NO. The number of aliphatic hydroxyl groups excluding tert-OH is 1. The minimum absolute atomic E-state index is 0.328. The Morgan fingerprint density at radius 2 is 2.07 bits per heavy atom. The second-order valence-electron chi connectivity index (χ2n) is 4.51. The van der Waals surface area contributed by atoms with E-state index < -0.39 is 0 Å². The van der Waals surface area contributed by atoms with Crippen molar-refractivity contribution in [1.29, 1.82) is 0 Å². The van der Waals surface area contributed by atoms with Crippen molar-refractivity contribution in [3.63, 3.8) is 0 Å². The van der Waals surface area contributed by atoms with Crippen molar-refractivity contribution < 1.29 is 5.11 Å². The monoisotopic (exact) mass is 189 g/mol. The molecule has 1 heterocycles. The second kappa shape index (κ2) is 2.81. The van der Waals surface area contributed by atoms with Gasteiger partial charge in [-0.1, -0.05) is 24.3 Å². The fraction of sp³-hybridized carbons (Fsp3) is 0.500. The molecule has 0 amide bonds. The van der Waals surface area contributed by atoms with Gasteiger partial charge >= 0.3 is 0 Å². The molecule has 0 bridgehead atoms. The largest absolute Gasteiger partial charge is 0.387 e. The van der Waals surface area contributed by atoms with Crippen molar-refractivity contribution in [1.82, 2.24) is 5.32 Å². The normalized spacial score (nSPS) is 28.2. The van der Waals surface area contributed by atoms with Crippen molar-refractivity contribution >= 4 is 0 Å². The van der Waals surface area contributed by atoms with Crippen LogP contribution in [0.2, 0.25) is 0 Å². The summed E-state index contributed by atoms with van der Waals surface area (Å²) < 4.78 is 0. The summed E-state index contributed by atoms with van der Waals surface area (Å²) >= 11 is 0. The molecule has 2 aliphatic rings. The van der Waals surface area contributed by atoms with Gasteiger partial charge in [0.2, 0.25) is 0 Å². The predicted molar refractivity (Wildman–Crippen MR) is 55.2 cm³/mol. The van der Waals surface area contributed by atoms with Gasteiger partial charge in [-0.05, 0) is 24.0 Å². The lowest BCUT2D eigenvalue weighted by Gasteiger charge is -2.16. The maximum Gasteiger partial charge on any atom is 0.0917 e. The van der Waals surface area contributed by atoms with Gasteiger partial charge < -0.3 is 10.4 Å². The van der Waals surface area contributed by atoms with Crippen LogP contribution in [0.1, 0.15) is 30.1 Å². The van der Waals surface area contributed by atoms with E-state index in [4.69, 9.17) is 0 Å². The van der Waals surface area contributed by atoms with Crippen molar-refractivity contribution in [2.45, 2.75) is 24.4 Å². The zero-order valence-electron chi connectivity index (χ0n) is 8.16. The minimum Gasteiger partial charge on any atom is -0.387 e. The molecule has 74 valence electrons. The zero-order chi connectivity index (χ0) is 9.60. The molecule has 1 aromatic rings. The number of fused-ring (bicyclic) bond motifs is 2. The average molecular weight is 189 g/mol. The highest BCUT2D eigenvalue weighted by molar-refractivity contribution is 5.41. The van der Waals surface area contributed by atoms with Crippen LogP contribution < -0.4 is 5.32 Å². The van der Waals surface area contributed by atoms with Gasteiger partial charge in [-0.2, -0.15) is 0 Å². The predicted octanol–water partition coefficient (Wildman–Crippen LogP) is 1.35. The number of rotatable bonds is 0. The van der Waals surface area contributed by atoms with E-state index in [1.807, 2.05) is 6.07 Å². The van der Waals surface area contributed by atoms with Gasteiger partial charge in [-0.25, -0.2) is 0 Å². The highest BCUT2D eigenvalue weighted by atomic mass is 16.3. The Hall–Kier alpha value is -0.860. The summed E-state index contributed by atoms with van der Waals surface area (Å²) in [7, 11) is 0. The molecule has 1 aromatic carbocycles. The lowest BCUT2D eigenvalue weighted by molar-refractivity contribution is 0.178. The molecular weight excluding hydrogens is 174 g/mol. The third-order valence-electron chi connectivity index (χ3n) is 3.55. The molecule has 2 heteroatoms. The van der Waals surface area contributed by atoms with Crippen LogP contribution in [0, 0.1) is 0 Å². The zero-order valence-corrected chi connectivity index (χ0v) is 8.16. The molecule has 0 aromatic heterocycles. The molecule has 0 saturated heterocycles. The van der Waals surface area contributed by atoms with Crippen LogP contribution in [0.4, 0.5) is 0 Å². The van der Waals surface area contributed by atoms with E-state index in [9.17, 15) is 5.11 Å². The first-order valence-corrected chi connectivity index (χ1v) is 5.30. The fourth-order valence-corrected chi connectivity index (χ4v) is 2.52. The van der Waals surface area contributed by atoms with Crippen molar-refractivity contribution in [3.05, 3.63) is 35.4 Å². The van der Waals surface area contributed by atoms with E-state index >= 15 is 0 Å². The smallest absolute Gasteiger partial charge is 0.0917 e. The molecule has 1 spiro atoms. The Kier molecular flexibility index (Phi) is 1.70. The molecule has 3 rings (SSSR count). The first kappa shape index (κ1) is 8.45. The van der Waals surface area contributed by atoms with Gasteiger partial charge in [0.1, 0.15) is 0 Å². The van der Waals surface area contributed by atoms with E-state index in [-0.39, 0.29) is 6.10 Å². The Bertz CT molecular complexity index is 357. The topological polar surface area (TPSA) is 32.3 Å². The van der Waals surface area contributed by atoms with Gasteiger partial charge in [-0.15, -0.1) is 0 Å². The third-order valence-corrected chi connectivity index (χ3v) is 3.55. The first-order valence-electron chi connectivity index (χ1n) is 5.30. The number of β-amino-alcohol motifs (C(OH)–C–C–N with tert-alkyl or cyclic N) is 1. The lowest BCUT2D eigenvalue weighted by Crippen LogP contribution is -2.25. The molecule has 1 aliphatic heterocycles. The Morgan fingerprint density at radius 1 is 1.29 bits per heavy atom. The fourth-order valence-electron chi connectivity index (χ4n) is 2.52.